The van der Waals surface area contributed by atoms with Crippen molar-refractivity contribution in [2.75, 3.05) is 57.0 Å². The number of fused-ring (bicyclic) bond motifs is 2. The number of nitrogen functional groups attached to an aromatic ring is 1. The summed E-state index contributed by atoms with van der Waals surface area (Å²) >= 11 is 0. The van der Waals surface area contributed by atoms with Crippen molar-refractivity contribution in [3.63, 3.8) is 0 Å². The lowest BCUT2D eigenvalue weighted by Crippen LogP contribution is -2.52. The number of carbonyl (C=O) groups is 2. The molecule has 2 aromatic carbocycles. The fraction of sp³-hybridized carbons (Fsp3) is 0.556. The molecule has 4 heterocycles. The second kappa shape index (κ2) is 14.5. The van der Waals surface area contributed by atoms with Gasteiger partial charge in [0.05, 0.1) is 16.9 Å². The minimum atomic E-state index is -5.01. The first kappa shape index (κ1) is 36.1. The second-order valence-electron chi connectivity index (χ2n) is 13.7. The SMILES string of the molecule is C=CC(F)(F)c1cc(C[C@@H](OCN2CCC3(CC2)OC(=O)Nc2ccccc23)C(=O)N2CCC(N3CCCCC3)CC2)cc(C(F)(F)F)c1N. The zero-order valence-corrected chi connectivity index (χ0v) is 28.0. The van der Waals surface area contributed by atoms with Gasteiger partial charge in [-0.25, -0.2) is 4.79 Å². The van der Waals surface area contributed by atoms with Crippen LogP contribution in [-0.2, 0) is 38.4 Å². The molecule has 0 radical (unpaired) electrons. The van der Waals surface area contributed by atoms with Crippen molar-refractivity contribution in [2.45, 2.75) is 81.2 Å². The van der Waals surface area contributed by atoms with Crippen LogP contribution in [0.3, 0.4) is 0 Å². The molecule has 3 saturated heterocycles. The molecule has 272 valence electrons. The largest absolute Gasteiger partial charge is 0.438 e. The van der Waals surface area contributed by atoms with Gasteiger partial charge >= 0.3 is 12.3 Å². The molecule has 0 saturated carbocycles. The van der Waals surface area contributed by atoms with Gasteiger partial charge in [0.1, 0.15) is 18.4 Å². The minimum Gasteiger partial charge on any atom is -0.438 e. The van der Waals surface area contributed by atoms with Crippen LogP contribution in [0.5, 0.6) is 0 Å². The summed E-state index contributed by atoms with van der Waals surface area (Å²) in [5.41, 5.74) is 2.70. The highest BCUT2D eigenvalue weighted by molar-refractivity contribution is 5.88. The molecule has 50 heavy (non-hydrogen) atoms. The molecular weight excluding hydrogens is 661 g/mol. The van der Waals surface area contributed by atoms with Gasteiger partial charge in [-0.1, -0.05) is 31.2 Å². The Hall–Kier alpha value is -3.75. The highest BCUT2D eigenvalue weighted by Gasteiger charge is 2.45. The van der Waals surface area contributed by atoms with E-state index in [0.717, 1.165) is 56.5 Å². The van der Waals surface area contributed by atoms with Gasteiger partial charge in [0.2, 0.25) is 0 Å². The van der Waals surface area contributed by atoms with Crippen molar-refractivity contribution in [1.29, 1.82) is 0 Å². The Morgan fingerprint density at radius 3 is 2.34 bits per heavy atom. The van der Waals surface area contributed by atoms with Crippen LogP contribution in [0.2, 0.25) is 0 Å². The molecule has 4 aliphatic rings. The Kier molecular flexibility index (Phi) is 10.4. The average molecular weight is 706 g/mol. The van der Waals surface area contributed by atoms with Crippen LogP contribution in [-0.4, -0.2) is 84.8 Å². The molecule has 0 aromatic heterocycles. The number of ether oxygens (including phenoxy) is 2. The second-order valence-corrected chi connectivity index (χ2v) is 13.7. The van der Waals surface area contributed by atoms with Crippen LogP contribution < -0.4 is 11.1 Å². The summed E-state index contributed by atoms with van der Waals surface area (Å²) in [5.74, 6) is -4.24. The number of likely N-dealkylation sites (tertiary alicyclic amines) is 3. The van der Waals surface area contributed by atoms with Crippen LogP contribution in [0.25, 0.3) is 0 Å². The Bertz CT molecular complexity index is 1560. The van der Waals surface area contributed by atoms with Crippen LogP contribution in [0.4, 0.5) is 38.1 Å². The summed E-state index contributed by atoms with van der Waals surface area (Å²) in [4.78, 5) is 32.5. The lowest BCUT2D eigenvalue weighted by molar-refractivity contribution is -0.150. The van der Waals surface area contributed by atoms with Crippen molar-refractivity contribution in [1.82, 2.24) is 14.7 Å². The summed E-state index contributed by atoms with van der Waals surface area (Å²) in [6, 6.07) is 9.41. The van der Waals surface area contributed by atoms with Crippen molar-refractivity contribution in [3.05, 3.63) is 71.3 Å². The number of halogens is 5. The van der Waals surface area contributed by atoms with Crippen molar-refractivity contribution in [2.24, 2.45) is 0 Å². The van der Waals surface area contributed by atoms with E-state index in [0.29, 0.717) is 50.7 Å². The third-order valence-corrected chi connectivity index (χ3v) is 10.6. The smallest absolute Gasteiger partial charge is 0.418 e. The predicted molar refractivity (Wildman–Crippen MR) is 177 cm³/mol. The van der Waals surface area contributed by atoms with E-state index in [9.17, 15) is 31.5 Å². The van der Waals surface area contributed by atoms with Crippen LogP contribution in [0.1, 0.15) is 67.2 Å². The summed E-state index contributed by atoms with van der Waals surface area (Å²) in [5, 5.41) is 2.73. The van der Waals surface area contributed by atoms with Gasteiger partial charge in [0, 0.05) is 62.6 Å². The van der Waals surface area contributed by atoms with Crippen molar-refractivity contribution >= 4 is 23.4 Å². The number of para-hydroxylation sites is 1. The molecule has 3 fully saturated rings. The third-order valence-electron chi connectivity index (χ3n) is 10.6. The topological polar surface area (TPSA) is 100 Å². The maximum absolute atomic E-state index is 14.8. The van der Waals surface area contributed by atoms with E-state index in [-0.39, 0.29) is 24.8 Å². The minimum absolute atomic E-state index is 0.0403. The Labute approximate surface area is 288 Å². The summed E-state index contributed by atoms with van der Waals surface area (Å²) in [6.45, 7) is 6.90. The monoisotopic (exact) mass is 705 g/mol. The molecule has 6 rings (SSSR count). The Morgan fingerprint density at radius 1 is 1.02 bits per heavy atom. The van der Waals surface area contributed by atoms with E-state index in [1.165, 1.54) is 6.42 Å². The number of alkyl halides is 5. The number of nitrogens with zero attached hydrogens (tertiary/aromatic N) is 3. The lowest BCUT2D eigenvalue weighted by Gasteiger charge is -2.44. The molecule has 3 N–H and O–H groups in total. The maximum Gasteiger partial charge on any atom is 0.418 e. The number of hydrogen-bond acceptors (Lipinski definition) is 7. The number of carbonyl (C=O) groups excluding carboxylic acids is 2. The number of nitrogens with two attached hydrogens (primary N) is 1. The summed E-state index contributed by atoms with van der Waals surface area (Å²) in [6.07, 6.45) is -0.985. The van der Waals surface area contributed by atoms with Gasteiger partial charge in [-0.2, -0.15) is 22.0 Å². The molecule has 4 aliphatic heterocycles. The number of rotatable bonds is 9. The Morgan fingerprint density at radius 2 is 1.68 bits per heavy atom. The molecule has 14 heteroatoms. The van der Waals surface area contributed by atoms with Crippen LogP contribution >= 0.6 is 0 Å². The summed E-state index contributed by atoms with van der Waals surface area (Å²) < 4.78 is 83.7. The van der Waals surface area contributed by atoms with Crippen LogP contribution in [0, 0.1) is 0 Å². The number of piperidine rings is 3. The Balaban J connectivity index is 1.20. The normalized spacial score (nSPS) is 21.3. The number of hydrogen-bond donors (Lipinski definition) is 2. The first-order valence-electron chi connectivity index (χ1n) is 17.3. The number of amides is 2. The lowest BCUT2D eigenvalue weighted by atomic mass is 9.82. The van der Waals surface area contributed by atoms with Gasteiger partial charge in [0.15, 0.2) is 0 Å². The van der Waals surface area contributed by atoms with Crippen molar-refractivity contribution < 1.29 is 41.0 Å². The molecule has 0 bridgehead atoms. The molecular formula is C36H44F5N5O4. The van der Waals surface area contributed by atoms with Gasteiger partial charge in [0.25, 0.3) is 11.8 Å². The van der Waals surface area contributed by atoms with E-state index in [4.69, 9.17) is 15.2 Å². The summed E-state index contributed by atoms with van der Waals surface area (Å²) in [7, 11) is 0. The van der Waals surface area contributed by atoms with Crippen LogP contribution in [0.15, 0.2) is 49.1 Å². The predicted octanol–water partition coefficient (Wildman–Crippen LogP) is 6.48. The first-order valence-corrected chi connectivity index (χ1v) is 17.3. The molecule has 2 aromatic rings. The zero-order valence-electron chi connectivity index (χ0n) is 28.0. The standard InChI is InChI=1S/C36H44F5N5O4/c1-2-35(37,38)27-20-24(21-28(31(27)42)36(39,40)41)22-30(32(47)46-16-10-25(11-17-46)45-14-6-3-7-15-45)49-23-44-18-12-34(13-19-44)26-8-4-5-9-29(26)43-33(48)50-34/h2,4-5,8-9,20-21,25,30H,1,3,6-7,10-19,22-23,42H2,(H,43,48)/t30-/m1/s1. The van der Waals surface area contributed by atoms with Gasteiger partial charge in [-0.15, -0.1) is 0 Å². The molecule has 1 spiro atoms. The van der Waals surface area contributed by atoms with E-state index >= 15 is 0 Å². The number of allylic oxidation sites excluding steroid dienone is 1. The maximum atomic E-state index is 14.8. The van der Waals surface area contributed by atoms with E-state index < -0.39 is 52.6 Å². The quantitative estimate of drug-likeness (QED) is 0.175. The number of nitrogens with one attached hydrogen (secondary N) is 1. The number of anilines is 2. The van der Waals surface area contributed by atoms with Gasteiger partial charge in [-0.3, -0.25) is 15.0 Å². The fourth-order valence-electron chi connectivity index (χ4n) is 7.79. The highest BCUT2D eigenvalue weighted by Crippen LogP contribution is 2.44. The van der Waals surface area contributed by atoms with E-state index in [1.807, 2.05) is 29.2 Å². The third kappa shape index (κ3) is 7.62. The average Bonchev–Trinajstić information content (AvgIpc) is 3.11. The fourth-order valence-corrected chi connectivity index (χ4v) is 7.79. The van der Waals surface area contributed by atoms with Crippen molar-refractivity contribution in [3.8, 4) is 0 Å². The van der Waals surface area contributed by atoms with E-state index in [2.05, 4.69) is 16.8 Å². The van der Waals surface area contributed by atoms with Gasteiger partial charge in [-0.05, 0) is 68.6 Å². The molecule has 0 aliphatic carbocycles. The van der Waals surface area contributed by atoms with E-state index in [1.54, 1.807) is 4.90 Å². The van der Waals surface area contributed by atoms with Gasteiger partial charge < -0.3 is 25.0 Å². The molecule has 9 nitrogen and oxygen atoms in total. The zero-order chi connectivity index (χ0) is 35.7. The molecule has 0 unspecified atom stereocenters. The number of benzene rings is 2. The first-order chi connectivity index (χ1) is 23.8. The highest BCUT2D eigenvalue weighted by atomic mass is 19.4. The molecule has 1 atom stereocenters. The molecule has 2 amide bonds.